The normalized spacial score (nSPS) is 18.7. The van der Waals surface area contributed by atoms with Crippen molar-refractivity contribution in [3.8, 4) is 11.5 Å². The topological polar surface area (TPSA) is 86.1 Å². The Bertz CT molecular complexity index is 1280. The highest BCUT2D eigenvalue weighted by molar-refractivity contribution is 5.94. The lowest BCUT2D eigenvalue weighted by atomic mass is 10.1. The molecule has 0 unspecified atom stereocenters. The Labute approximate surface area is 173 Å². The maximum absolute atomic E-state index is 13.4. The van der Waals surface area contributed by atoms with Crippen LogP contribution in [-0.2, 0) is 13.6 Å². The zero-order chi connectivity index (χ0) is 20.4. The van der Waals surface area contributed by atoms with Gasteiger partial charge in [-0.05, 0) is 44.0 Å². The van der Waals surface area contributed by atoms with E-state index in [4.69, 9.17) is 4.98 Å². The molecule has 0 saturated heterocycles. The Morgan fingerprint density at radius 2 is 2.00 bits per heavy atom. The Morgan fingerprint density at radius 3 is 2.77 bits per heavy atom. The van der Waals surface area contributed by atoms with Crippen molar-refractivity contribution >= 4 is 11.6 Å². The first-order valence-corrected chi connectivity index (χ1v) is 10.3. The molecule has 0 radical (unpaired) electrons. The predicted octanol–water partition coefficient (Wildman–Crippen LogP) is 2.42. The van der Waals surface area contributed by atoms with E-state index >= 15 is 0 Å². The van der Waals surface area contributed by atoms with Crippen LogP contribution in [0.1, 0.15) is 53.7 Å². The molecule has 0 aromatic carbocycles. The summed E-state index contributed by atoms with van der Waals surface area (Å²) in [5.41, 5.74) is 2.27. The van der Waals surface area contributed by atoms with Crippen LogP contribution in [0.2, 0.25) is 0 Å². The number of hydrogen-bond donors (Lipinski definition) is 0. The third kappa shape index (κ3) is 2.58. The summed E-state index contributed by atoms with van der Waals surface area (Å²) < 4.78 is 5.84. The molecule has 30 heavy (non-hydrogen) atoms. The summed E-state index contributed by atoms with van der Waals surface area (Å²) in [5.74, 6) is 3.02. The van der Waals surface area contributed by atoms with Crippen molar-refractivity contribution in [1.82, 2.24) is 38.8 Å². The van der Waals surface area contributed by atoms with E-state index in [1.807, 2.05) is 69.2 Å². The van der Waals surface area contributed by atoms with E-state index in [1.54, 1.807) is 0 Å². The number of carbonyl (C=O) groups is 1. The van der Waals surface area contributed by atoms with Gasteiger partial charge in [0.1, 0.15) is 5.82 Å². The molecule has 9 heteroatoms. The third-order valence-electron chi connectivity index (χ3n) is 6.14. The number of pyridine rings is 1. The molecule has 0 spiro atoms. The molecule has 4 aromatic heterocycles. The molecule has 1 aliphatic carbocycles. The maximum Gasteiger partial charge on any atom is 0.256 e. The molecule has 1 amide bonds. The fourth-order valence-corrected chi connectivity index (χ4v) is 4.22. The van der Waals surface area contributed by atoms with Gasteiger partial charge >= 0.3 is 0 Å². The number of aryl methyl sites for hydroxylation is 1. The van der Waals surface area contributed by atoms with Crippen molar-refractivity contribution in [3.05, 3.63) is 53.9 Å². The Balaban J connectivity index is 1.34. The predicted molar refractivity (Wildman–Crippen MR) is 109 cm³/mol. The second-order valence-electron chi connectivity index (χ2n) is 8.17. The fraction of sp³-hybridized carbons (Fsp3) is 0.381. The lowest BCUT2D eigenvalue weighted by molar-refractivity contribution is 0.0630. The van der Waals surface area contributed by atoms with Crippen LogP contribution in [0.25, 0.3) is 17.2 Å². The molecular formula is C21H22N8O. The van der Waals surface area contributed by atoms with Gasteiger partial charge in [0.25, 0.3) is 5.91 Å². The number of carbonyl (C=O) groups excluding carboxylic acids is 1. The van der Waals surface area contributed by atoms with Crippen LogP contribution in [0.4, 0.5) is 0 Å². The number of hydrogen-bond acceptors (Lipinski definition) is 5. The number of aromatic nitrogens is 7. The number of amides is 1. The summed E-state index contributed by atoms with van der Waals surface area (Å²) in [4.78, 5) is 20.0. The van der Waals surface area contributed by atoms with Crippen molar-refractivity contribution in [2.45, 2.75) is 38.3 Å². The Hall–Kier alpha value is -3.49. The average molecular weight is 402 g/mol. The average Bonchev–Trinajstić information content (AvgIpc) is 3.16. The van der Waals surface area contributed by atoms with Gasteiger partial charge < -0.3 is 9.47 Å². The first-order chi connectivity index (χ1) is 14.6. The van der Waals surface area contributed by atoms with Gasteiger partial charge in [-0.25, -0.2) is 9.67 Å². The molecule has 1 fully saturated rings. The van der Waals surface area contributed by atoms with Crippen LogP contribution in [0.5, 0.6) is 0 Å². The van der Waals surface area contributed by atoms with E-state index in [9.17, 15) is 4.79 Å². The molecule has 4 aromatic rings. The quantitative estimate of drug-likeness (QED) is 0.525. The Kier molecular flexibility index (Phi) is 3.62. The van der Waals surface area contributed by atoms with Crippen LogP contribution < -0.4 is 0 Å². The summed E-state index contributed by atoms with van der Waals surface area (Å²) in [5, 5.41) is 13.2. The van der Waals surface area contributed by atoms with E-state index in [2.05, 4.69) is 15.3 Å². The van der Waals surface area contributed by atoms with Crippen LogP contribution in [0.15, 0.2) is 36.7 Å². The second kappa shape index (κ2) is 6.25. The van der Waals surface area contributed by atoms with Crippen molar-refractivity contribution in [2.24, 2.45) is 7.05 Å². The molecule has 6 rings (SSSR count). The highest BCUT2D eigenvalue weighted by Crippen LogP contribution is 2.39. The molecule has 1 aliphatic heterocycles. The molecular weight excluding hydrogens is 380 g/mol. The van der Waals surface area contributed by atoms with E-state index in [1.165, 1.54) is 12.8 Å². The fourth-order valence-electron chi connectivity index (χ4n) is 4.22. The third-order valence-corrected chi connectivity index (χ3v) is 6.14. The van der Waals surface area contributed by atoms with Gasteiger partial charge in [0, 0.05) is 31.9 Å². The molecule has 1 atom stereocenters. The first kappa shape index (κ1) is 17.4. The van der Waals surface area contributed by atoms with Gasteiger partial charge in [0.2, 0.25) is 0 Å². The lowest BCUT2D eigenvalue weighted by Crippen LogP contribution is -2.41. The highest BCUT2D eigenvalue weighted by atomic mass is 16.2. The summed E-state index contributed by atoms with van der Waals surface area (Å²) in [6.07, 6.45) is 6.14. The smallest absolute Gasteiger partial charge is 0.256 e. The van der Waals surface area contributed by atoms with E-state index in [0.717, 1.165) is 17.3 Å². The van der Waals surface area contributed by atoms with Crippen LogP contribution in [-0.4, -0.2) is 51.3 Å². The molecule has 5 heterocycles. The molecule has 1 saturated carbocycles. The minimum absolute atomic E-state index is 0.0156. The van der Waals surface area contributed by atoms with Gasteiger partial charge in [-0.1, -0.05) is 0 Å². The molecule has 2 aliphatic rings. The SMILES string of the molecule is C[C@@H]1c2nc(C3CC3)nn2CCN1C(=O)c1ccc2nnc(-c3cccn3C)n2c1. The molecule has 9 nitrogen and oxygen atoms in total. The highest BCUT2D eigenvalue weighted by Gasteiger charge is 2.35. The van der Waals surface area contributed by atoms with Crippen LogP contribution in [0, 0.1) is 0 Å². The number of nitrogens with zero attached hydrogens (tertiary/aromatic N) is 8. The van der Waals surface area contributed by atoms with Crippen LogP contribution in [0.3, 0.4) is 0 Å². The first-order valence-electron chi connectivity index (χ1n) is 10.3. The Morgan fingerprint density at radius 1 is 1.13 bits per heavy atom. The maximum atomic E-state index is 13.4. The summed E-state index contributed by atoms with van der Waals surface area (Å²) in [6.45, 7) is 3.32. The van der Waals surface area contributed by atoms with Gasteiger partial charge in [0.05, 0.1) is 23.8 Å². The van der Waals surface area contributed by atoms with Gasteiger partial charge in [0.15, 0.2) is 17.3 Å². The molecule has 0 bridgehead atoms. The molecule has 0 N–H and O–H groups in total. The van der Waals surface area contributed by atoms with Crippen molar-refractivity contribution in [3.63, 3.8) is 0 Å². The minimum atomic E-state index is -0.116. The monoisotopic (exact) mass is 402 g/mol. The second-order valence-corrected chi connectivity index (χ2v) is 8.17. The number of rotatable bonds is 3. The lowest BCUT2D eigenvalue weighted by Gasteiger charge is -2.33. The standard InChI is InChI=1S/C21H22N8O/c1-13-19-22-18(14-5-6-14)25-29(19)11-10-27(13)21(30)15-7-8-17-23-24-20(28(17)12-15)16-4-3-9-26(16)2/h3-4,7-9,12-14H,5-6,10-11H2,1-2H3/t13-/m1/s1. The molecule has 152 valence electrons. The van der Waals surface area contributed by atoms with Crippen molar-refractivity contribution in [1.29, 1.82) is 0 Å². The summed E-state index contributed by atoms with van der Waals surface area (Å²) in [6, 6.07) is 7.50. The minimum Gasteiger partial charge on any atom is -0.348 e. The van der Waals surface area contributed by atoms with E-state index < -0.39 is 0 Å². The van der Waals surface area contributed by atoms with Crippen LogP contribution >= 0.6 is 0 Å². The van der Waals surface area contributed by atoms with Gasteiger partial charge in [-0.3, -0.25) is 9.20 Å². The largest absolute Gasteiger partial charge is 0.348 e. The van der Waals surface area contributed by atoms with Gasteiger partial charge in [-0.15, -0.1) is 10.2 Å². The zero-order valence-electron chi connectivity index (χ0n) is 16.9. The summed E-state index contributed by atoms with van der Waals surface area (Å²) in [7, 11) is 1.97. The van der Waals surface area contributed by atoms with E-state index in [-0.39, 0.29) is 11.9 Å². The number of fused-ring (bicyclic) bond motifs is 2. The van der Waals surface area contributed by atoms with Gasteiger partial charge in [-0.2, -0.15) is 5.10 Å². The van der Waals surface area contributed by atoms with Crippen molar-refractivity contribution < 1.29 is 4.79 Å². The van der Waals surface area contributed by atoms with E-state index in [0.29, 0.717) is 36.0 Å². The van der Waals surface area contributed by atoms with Crippen molar-refractivity contribution in [2.75, 3.05) is 6.54 Å². The zero-order valence-corrected chi connectivity index (χ0v) is 16.9. The summed E-state index contributed by atoms with van der Waals surface area (Å²) >= 11 is 0.